The second kappa shape index (κ2) is 7.68. The molecule has 0 fully saturated rings. The van der Waals surface area contributed by atoms with Crippen LogP contribution in [0.3, 0.4) is 0 Å². The first-order chi connectivity index (χ1) is 15.1. The van der Waals surface area contributed by atoms with Gasteiger partial charge in [-0.05, 0) is 48.5 Å². The predicted octanol–water partition coefficient (Wildman–Crippen LogP) is 6.47. The van der Waals surface area contributed by atoms with E-state index in [2.05, 4.69) is 119 Å². The molecule has 0 radical (unpaired) electrons. The molecule has 31 heavy (non-hydrogen) atoms. The Bertz CT molecular complexity index is 1240. The summed E-state index contributed by atoms with van der Waals surface area (Å²) in [6, 6.07) is 23.0. The van der Waals surface area contributed by atoms with Gasteiger partial charge in [-0.25, -0.2) is 0 Å². The Kier molecular flexibility index (Phi) is 4.97. The monoisotopic (exact) mass is 531 g/mol. The molecule has 2 bridgehead atoms. The summed E-state index contributed by atoms with van der Waals surface area (Å²) in [4.78, 5) is 4.67. The van der Waals surface area contributed by atoms with Crippen molar-refractivity contribution in [3.05, 3.63) is 86.8 Å². The normalized spacial score (nSPS) is 20.7. The van der Waals surface area contributed by atoms with E-state index in [1.54, 1.807) is 0 Å². The van der Waals surface area contributed by atoms with Crippen LogP contribution in [-0.4, -0.2) is 6.54 Å². The second-order valence-electron chi connectivity index (χ2n) is 7.67. The van der Waals surface area contributed by atoms with E-state index >= 15 is 0 Å². The van der Waals surface area contributed by atoms with Crippen molar-refractivity contribution in [3.63, 3.8) is 0 Å². The Morgan fingerprint density at radius 2 is 1.68 bits per heavy atom. The van der Waals surface area contributed by atoms with Crippen molar-refractivity contribution >= 4 is 48.9 Å². The zero-order chi connectivity index (χ0) is 21.6. The Balaban J connectivity index is 1.89. The molecule has 152 valence electrons. The molecule has 3 aromatic rings. The molecule has 5 rings (SSSR count). The molecular weight excluding hydrogens is 514 g/mol. The molecule has 5 heteroatoms. The van der Waals surface area contributed by atoms with Gasteiger partial charge in [0.25, 0.3) is 0 Å². The number of anilines is 3. The molecule has 0 spiro atoms. The lowest BCUT2D eigenvalue weighted by Crippen LogP contribution is -2.64. The number of terminal acetylenes is 2. The highest BCUT2D eigenvalue weighted by atomic mass is 79.9. The van der Waals surface area contributed by atoms with Crippen molar-refractivity contribution in [2.75, 3.05) is 21.7 Å². The van der Waals surface area contributed by atoms with Crippen molar-refractivity contribution in [1.82, 2.24) is 0 Å². The number of hydrogen-bond donors (Lipinski definition) is 1. The largest absolute Gasteiger partial charge is 0.358 e. The van der Waals surface area contributed by atoms with Gasteiger partial charge in [0.1, 0.15) is 6.17 Å². The van der Waals surface area contributed by atoms with Gasteiger partial charge in [-0.3, -0.25) is 0 Å². The smallest absolute Gasteiger partial charge is 0.152 e. The third-order valence-corrected chi connectivity index (χ3v) is 6.94. The minimum absolute atomic E-state index is 0.116. The lowest BCUT2D eigenvalue weighted by Gasteiger charge is -2.60. The molecule has 0 saturated carbocycles. The van der Waals surface area contributed by atoms with Crippen LogP contribution in [0, 0.1) is 24.7 Å². The molecular formula is C26H19Br2N3. The van der Waals surface area contributed by atoms with Gasteiger partial charge in [0.05, 0.1) is 13.0 Å². The number of para-hydroxylation sites is 1. The fourth-order valence-corrected chi connectivity index (χ4v) is 5.55. The average Bonchev–Trinajstić information content (AvgIpc) is 2.77. The van der Waals surface area contributed by atoms with Gasteiger partial charge in [-0.15, -0.1) is 18.8 Å². The zero-order valence-electron chi connectivity index (χ0n) is 16.6. The first-order valence-electron chi connectivity index (χ1n) is 9.94. The molecule has 2 heterocycles. The highest BCUT2D eigenvalue weighted by molar-refractivity contribution is 9.10. The SMILES string of the molecule is C#CCN1c2ccc(Br)cc2C2(CC#C)Nc3ccc(Br)cc3C1N2c1ccccc1. The molecule has 2 unspecified atom stereocenters. The van der Waals surface area contributed by atoms with Crippen LogP contribution in [0.1, 0.15) is 23.7 Å². The number of hydrogen-bond acceptors (Lipinski definition) is 3. The Morgan fingerprint density at radius 3 is 2.42 bits per heavy atom. The minimum Gasteiger partial charge on any atom is -0.358 e. The number of nitrogens with zero attached hydrogens (tertiary/aromatic N) is 2. The maximum Gasteiger partial charge on any atom is 0.152 e. The van der Waals surface area contributed by atoms with Gasteiger partial charge in [0.2, 0.25) is 0 Å². The van der Waals surface area contributed by atoms with Crippen molar-refractivity contribution in [2.45, 2.75) is 18.2 Å². The number of nitrogens with one attached hydrogen (secondary N) is 1. The van der Waals surface area contributed by atoms with E-state index < -0.39 is 5.66 Å². The Hall–Kier alpha value is -2.86. The van der Waals surface area contributed by atoms with Crippen molar-refractivity contribution < 1.29 is 0 Å². The lowest BCUT2D eigenvalue weighted by atomic mass is 9.82. The highest BCUT2D eigenvalue weighted by Crippen LogP contribution is 2.56. The summed E-state index contributed by atoms with van der Waals surface area (Å²) in [5, 5.41) is 3.83. The second-order valence-corrected chi connectivity index (χ2v) is 9.50. The molecule has 0 saturated heterocycles. The summed E-state index contributed by atoms with van der Waals surface area (Å²) in [5.74, 6) is 5.82. The van der Waals surface area contributed by atoms with Crippen LogP contribution < -0.4 is 15.1 Å². The van der Waals surface area contributed by atoms with E-state index in [1.807, 2.05) is 6.07 Å². The predicted molar refractivity (Wildman–Crippen MR) is 135 cm³/mol. The fourth-order valence-electron chi connectivity index (χ4n) is 4.81. The van der Waals surface area contributed by atoms with Crippen molar-refractivity contribution in [3.8, 4) is 24.7 Å². The van der Waals surface area contributed by atoms with Crippen LogP contribution in [0.15, 0.2) is 75.7 Å². The summed E-state index contributed by atoms with van der Waals surface area (Å²) in [6.45, 7) is 0.473. The minimum atomic E-state index is -0.619. The van der Waals surface area contributed by atoms with Gasteiger partial charge in [0, 0.05) is 37.1 Å². The number of rotatable bonds is 3. The van der Waals surface area contributed by atoms with Crippen LogP contribution in [0.4, 0.5) is 17.1 Å². The lowest BCUT2D eigenvalue weighted by molar-refractivity contribution is 0.366. The molecule has 2 atom stereocenters. The maximum absolute atomic E-state index is 5.98. The first kappa shape index (κ1) is 20.1. The van der Waals surface area contributed by atoms with Crippen LogP contribution >= 0.6 is 31.9 Å². The van der Waals surface area contributed by atoms with Crippen LogP contribution in [0.2, 0.25) is 0 Å². The summed E-state index contributed by atoms with van der Waals surface area (Å²) in [7, 11) is 0. The van der Waals surface area contributed by atoms with E-state index in [4.69, 9.17) is 12.8 Å². The van der Waals surface area contributed by atoms with Gasteiger partial charge < -0.3 is 15.1 Å². The topological polar surface area (TPSA) is 18.5 Å². The third-order valence-electron chi connectivity index (χ3n) is 5.95. The van der Waals surface area contributed by atoms with Crippen LogP contribution in [-0.2, 0) is 5.66 Å². The van der Waals surface area contributed by atoms with Gasteiger partial charge in [-0.2, -0.15) is 0 Å². The van der Waals surface area contributed by atoms with Crippen molar-refractivity contribution in [1.29, 1.82) is 0 Å². The third kappa shape index (κ3) is 3.04. The molecule has 1 N–H and O–H groups in total. The van der Waals surface area contributed by atoms with Crippen LogP contribution in [0.25, 0.3) is 0 Å². The summed E-state index contributed by atoms with van der Waals surface area (Å²) < 4.78 is 2.02. The molecule has 3 aromatic carbocycles. The average molecular weight is 533 g/mol. The zero-order valence-corrected chi connectivity index (χ0v) is 19.8. The van der Waals surface area contributed by atoms with Crippen molar-refractivity contribution in [2.24, 2.45) is 0 Å². The van der Waals surface area contributed by atoms with E-state index in [9.17, 15) is 0 Å². The van der Waals surface area contributed by atoms with E-state index in [-0.39, 0.29) is 6.17 Å². The maximum atomic E-state index is 5.98. The fraction of sp³-hybridized carbons (Fsp3) is 0.154. The molecule has 0 aliphatic carbocycles. The molecule has 2 aliphatic rings. The molecule has 2 aliphatic heterocycles. The molecule has 0 aromatic heterocycles. The highest BCUT2D eigenvalue weighted by Gasteiger charge is 2.53. The van der Waals surface area contributed by atoms with Crippen LogP contribution in [0.5, 0.6) is 0 Å². The standard InChI is InChI=1S/C26H19Br2N3/c1-3-14-26-22-17-19(28)11-13-24(22)30(15-4-2)25(31(26)20-8-6-5-7-9-20)21-16-18(27)10-12-23(21)29-26/h1-2,5-13,16-17,25,29H,14-15H2. The summed E-state index contributed by atoms with van der Waals surface area (Å²) in [6.07, 6.45) is 12.2. The van der Waals surface area contributed by atoms with Gasteiger partial charge >= 0.3 is 0 Å². The number of benzene rings is 3. The molecule has 3 nitrogen and oxygen atoms in total. The molecule has 0 amide bonds. The number of halogens is 2. The van der Waals surface area contributed by atoms with E-state index in [0.717, 1.165) is 37.1 Å². The first-order valence-corrected chi connectivity index (χ1v) is 11.5. The van der Waals surface area contributed by atoms with Gasteiger partial charge in [-0.1, -0.05) is 56.0 Å². The summed E-state index contributed by atoms with van der Waals surface area (Å²) >= 11 is 7.33. The quantitative estimate of drug-likeness (QED) is 0.390. The van der Waals surface area contributed by atoms with Gasteiger partial charge in [0.15, 0.2) is 5.66 Å². The van der Waals surface area contributed by atoms with E-state index in [0.29, 0.717) is 13.0 Å². The Labute approximate surface area is 199 Å². The van der Waals surface area contributed by atoms with E-state index in [1.165, 1.54) is 0 Å². The summed E-state index contributed by atoms with van der Waals surface area (Å²) in [5.41, 5.74) is 4.85. The number of fused-ring (bicyclic) bond motifs is 6. The Morgan fingerprint density at radius 1 is 0.935 bits per heavy atom.